The summed E-state index contributed by atoms with van der Waals surface area (Å²) in [4.78, 5) is 4.47. The van der Waals surface area contributed by atoms with Gasteiger partial charge in [0.05, 0.1) is 0 Å². The van der Waals surface area contributed by atoms with Gasteiger partial charge in [-0.05, 0) is 0 Å². The van der Waals surface area contributed by atoms with E-state index in [0.29, 0.717) is 5.92 Å². The van der Waals surface area contributed by atoms with E-state index in [4.69, 9.17) is 0 Å². The van der Waals surface area contributed by atoms with Gasteiger partial charge in [0.25, 0.3) is 0 Å². The van der Waals surface area contributed by atoms with Gasteiger partial charge in [0.2, 0.25) is 0 Å². The quantitative estimate of drug-likeness (QED) is 0.779. The molecule has 0 amide bonds. The molecule has 4 heteroatoms. The highest BCUT2D eigenvalue weighted by atomic mass is 15.5. The Balaban J connectivity index is 2.47. The minimum atomic E-state index is 0.111. The summed E-state index contributed by atoms with van der Waals surface area (Å²) < 4.78 is 1.76. The summed E-state index contributed by atoms with van der Waals surface area (Å²) >= 11 is 0. The molecule has 0 unspecified atom stereocenters. The molecule has 82 valence electrons. The van der Waals surface area contributed by atoms with Crippen molar-refractivity contribution in [3.63, 3.8) is 0 Å². The fraction of sp³-hybridized carbons (Fsp3) is 0.636. The highest BCUT2D eigenvalue weighted by molar-refractivity contribution is 5.40. The predicted molar refractivity (Wildman–Crippen MR) is 60.1 cm³/mol. The first-order valence-corrected chi connectivity index (χ1v) is 5.34. The van der Waals surface area contributed by atoms with Crippen molar-refractivity contribution >= 4 is 5.65 Å². The van der Waals surface area contributed by atoms with Crippen LogP contribution in [0.3, 0.4) is 0 Å². The molecule has 0 bridgehead atoms. The van der Waals surface area contributed by atoms with E-state index < -0.39 is 0 Å². The third kappa shape index (κ3) is 1.76. The fourth-order valence-corrected chi connectivity index (χ4v) is 1.42. The van der Waals surface area contributed by atoms with E-state index in [1.165, 1.54) is 0 Å². The maximum Gasteiger partial charge on any atom is 0.175 e. The molecule has 0 saturated carbocycles. The van der Waals surface area contributed by atoms with Crippen LogP contribution in [0.1, 0.15) is 52.1 Å². The van der Waals surface area contributed by atoms with Gasteiger partial charge in [0.1, 0.15) is 0 Å². The largest absolute Gasteiger partial charge is 0.280 e. The highest BCUT2D eigenvalue weighted by Crippen LogP contribution is 2.22. The number of rotatable bonds is 1. The zero-order valence-corrected chi connectivity index (χ0v) is 10.00. The van der Waals surface area contributed by atoms with Crippen molar-refractivity contribution in [1.82, 2.24) is 19.8 Å². The third-order valence-electron chi connectivity index (χ3n) is 2.47. The van der Waals surface area contributed by atoms with Crippen LogP contribution in [-0.4, -0.2) is 19.8 Å². The number of hydrogen-bond acceptors (Lipinski definition) is 2. The summed E-state index contributed by atoms with van der Waals surface area (Å²) in [7, 11) is 0. The molecule has 0 atom stereocenters. The molecule has 4 nitrogen and oxygen atoms in total. The molecule has 2 aromatic heterocycles. The molecular formula is C11H18N4. The van der Waals surface area contributed by atoms with Crippen LogP contribution >= 0.6 is 0 Å². The number of nitrogens with one attached hydrogen (secondary N) is 1. The van der Waals surface area contributed by atoms with Gasteiger partial charge < -0.3 is 0 Å². The van der Waals surface area contributed by atoms with Gasteiger partial charge in [-0.15, -0.1) is 5.10 Å². The summed E-state index contributed by atoms with van der Waals surface area (Å²) in [6.07, 6.45) is 0. The summed E-state index contributed by atoms with van der Waals surface area (Å²) in [5, 5.41) is 7.65. The number of hydrogen-bond donors (Lipinski definition) is 1. The zero-order valence-electron chi connectivity index (χ0n) is 10.00. The van der Waals surface area contributed by atoms with Crippen LogP contribution in [0, 0.1) is 0 Å². The second kappa shape index (κ2) is 3.08. The summed E-state index contributed by atoms with van der Waals surface area (Å²) in [5.41, 5.74) is 2.18. The number of aromatic nitrogens is 4. The normalized spacial score (nSPS) is 12.9. The first-order valence-electron chi connectivity index (χ1n) is 5.34. The Kier molecular flexibility index (Phi) is 2.10. The lowest BCUT2D eigenvalue weighted by molar-refractivity contribution is 0.555. The van der Waals surface area contributed by atoms with E-state index in [2.05, 4.69) is 55.9 Å². The minimum Gasteiger partial charge on any atom is -0.280 e. The lowest BCUT2D eigenvalue weighted by Crippen LogP contribution is -2.12. The fourth-order valence-electron chi connectivity index (χ4n) is 1.42. The first kappa shape index (κ1) is 10.2. The molecule has 0 aliphatic carbocycles. The van der Waals surface area contributed by atoms with Crippen LogP contribution in [0.5, 0.6) is 0 Å². The molecule has 1 N–H and O–H groups in total. The molecule has 0 spiro atoms. The number of fused-ring (bicyclic) bond motifs is 1. The smallest absolute Gasteiger partial charge is 0.175 e. The SMILES string of the molecule is CC(C)c1nc2cc(C(C)(C)C)[nH]n2n1. The zero-order chi connectivity index (χ0) is 11.2. The molecule has 2 aromatic rings. The van der Waals surface area contributed by atoms with E-state index in [-0.39, 0.29) is 5.41 Å². The molecule has 0 aromatic carbocycles. The number of nitrogens with zero attached hydrogens (tertiary/aromatic N) is 3. The Labute approximate surface area is 89.7 Å². The van der Waals surface area contributed by atoms with Crippen LogP contribution in [0.4, 0.5) is 0 Å². The molecule has 0 aliphatic rings. The van der Waals surface area contributed by atoms with E-state index in [0.717, 1.165) is 17.2 Å². The summed E-state index contributed by atoms with van der Waals surface area (Å²) in [6, 6.07) is 2.07. The van der Waals surface area contributed by atoms with Crippen LogP contribution in [-0.2, 0) is 5.41 Å². The van der Waals surface area contributed by atoms with Crippen LogP contribution in [0.25, 0.3) is 5.65 Å². The molecular weight excluding hydrogens is 188 g/mol. The monoisotopic (exact) mass is 206 g/mol. The molecule has 0 saturated heterocycles. The number of H-pyrrole nitrogens is 1. The van der Waals surface area contributed by atoms with E-state index >= 15 is 0 Å². The summed E-state index contributed by atoms with van der Waals surface area (Å²) in [5.74, 6) is 1.26. The average molecular weight is 206 g/mol. The molecule has 0 aliphatic heterocycles. The van der Waals surface area contributed by atoms with Gasteiger partial charge in [-0.1, -0.05) is 34.6 Å². The van der Waals surface area contributed by atoms with E-state index in [1.807, 2.05) is 0 Å². The van der Waals surface area contributed by atoms with Gasteiger partial charge in [0.15, 0.2) is 11.5 Å². The second-order valence-electron chi connectivity index (χ2n) is 5.31. The van der Waals surface area contributed by atoms with E-state index in [9.17, 15) is 0 Å². The standard InChI is InChI=1S/C11H18N4/c1-7(2)10-12-9-6-8(11(3,4)5)13-15(9)14-10/h6-7,13H,1-5H3. The first-order chi connectivity index (χ1) is 6.88. The maximum absolute atomic E-state index is 4.47. The van der Waals surface area contributed by atoms with Gasteiger partial charge in [-0.3, -0.25) is 5.10 Å². The van der Waals surface area contributed by atoms with Gasteiger partial charge in [-0.2, -0.15) is 4.63 Å². The van der Waals surface area contributed by atoms with Crippen molar-refractivity contribution in [2.24, 2.45) is 0 Å². The average Bonchev–Trinajstić information content (AvgIpc) is 2.55. The van der Waals surface area contributed by atoms with Crippen LogP contribution in [0.15, 0.2) is 6.07 Å². The topological polar surface area (TPSA) is 46.0 Å². The molecule has 15 heavy (non-hydrogen) atoms. The van der Waals surface area contributed by atoms with Gasteiger partial charge in [-0.25, -0.2) is 4.98 Å². The second-order valence-corrected chi connectivity index (χ2v) is 5.31. The van der Waals surface area contributed by atoms with Crippen molar-refractivity contribution in [3.8, 4) is 0 Å². The maximum atomic E-state index is 4.47. The molecule has 0 radical (unpaired) electrons. The minimum absolute atomic E-state index is 0.111. The lowest BCUT2D eigenvalue weighted by atomic mass is 9.93. The van der Waals surface area contributed by atoms with Crippen molar-refractivity contribution in [2.75, 3.05) is 0 Å². The van der Waals surface area contributed by atoms with Gasteiger partial charge >= 0.3 is 0 Å². The van der Waals surface area contributed by atoms with E-state index in [1.54, 1.807) is 4.63 Å². The highest BCUT2D eigenvalue weighted by Gasteiger charge is 2.18. The van der Waals surface area contributed by atoms with Crippen molar-refractivity contribution in [2.45, 2.75) is 46.0 Å². The predicted octanol–water partition coefficient (Wildman–Crippen LogP) is 2.48. The van der Waals surface area contributed by atoms with Crippen LogP contribution < -0.4 is 0 Å². The molecule has 0 fully saturated rings. The van der Waals surface area contributed by atoms with Gasteiger partial charge in [0, 0.05) is 23.1 Å². The van der Waals surface area contributed by atoms with Crippen molar-refractivity contribution in [3.05, 3.63) is 17.6 Å². The van der Waals surface area contributed by atoms with Crippen molar-refractivity contribution < 1.29 is 0 Å². The molecule has 2 rings (SSSR count). The Hall–Kier alpha value is -1.32. The molecule has 2 heterocycles. The Morgan fingerprint density at radius 2 is 2.00 bits per heavy atom. The third-order valence-corrected chi connectivity index (χ3v) is 2.47. The Morgan fingerprint density at radius 3 is 2.47 bits per heavy atom. The van der Waals surface area contributed by atoms with Crippen LogP contribution in [0.2, 0.25) is 0 Å². The van der Waals surface area contributed by atoms with Crippen molar-refractivity contribution in [1.29, 1.82) is 0 Å². The Bertz CT molecular complexity index is 439. The summed E-state index contributed by atoms with van der Waals surface area (Å²) in [6.45, 7) is 10.7. The Morgan fingerprint density at radius 1 is 1.33 bits per heavy atom. The number of aromatic amines is 1. The lowest BCUT2D eigenvalue weighted by Gasteiger charge is -2.14.